The molecule has 13 aliphatic rings. The SMILES string of the molecule is CN1CC[C@]23c4c5ccc(O)c4O[C@H]2[C@@H](O)C=C[C@H]3[C@H]1C5.CN1CC[C@]23c4c5ccc(OC(=O)Cc6ccccc6Nc6c(Cl)cccc6Cl)c4O[C@H]2[C@@H](O)C=C[C@H]3[C@H]1C5.COc1ccc2c(c1)C(CC(=O)O)=C(C)C2C(=O)c1ccc(Cl)cc1.COc1ccc2c(c1)c(CC(=O)Oc1ccc3c4c1O[C@H]1[C@@H](O)C=C[C@H]5[C@@H](C3)N(C)CC[C@@]451)c(C)n2C(=O)c1ccc(Cl)cc1.O=C(O)Cc1ccccc1Nc1c(Cl)cccc1Cl. The van der Waals surface area contributed by atoms with Gasteiger partial charge in [0.2, 0.25) is 0 Å². The Balaban J connectivity index is 0.000000113. The maximum atomic E-state index is 13.7. The Morgan fingerprint density at radius 1 is 0.450 bits per heavy atom. The number of ketones is 1. The van der Waals surface area contributed by atoms with Gasteiger partial charge in [-0.2, -0.15) is 0 Å². The molecule has 6 bridgehead atoms. The minimum atomic E-state index is -0.928. The zero-order valence-corrected chi connectivity index (χ0v) is 86.9. The Hall–Kier alpha value is -13.0. The van der Waals surface area contributed by atoms with Gasteiger partial charge in [0.15, 0.2) is 40.3 Å². The van der Waals surface area contributed by atoms with Crippen LogP contribution in [0.2, 0.25) is 30.1 Å². The number of methoxy groups -OCH3 is 2. The average molecular weight is 2130 g/mol. The number of aliphatic carboxylic acids is 2. The number of para-hydroxylation sites is 4. The van der Waals surface area contributed by atoms with Gasteiger partial charge in [-0.25, -0.2) is 0 Å². The van der Waals surface area contributed by atoms with E-state index in [1.165, 1.54) is 22.3 Å². The van der Waals surface area contributed by atoms with Crippen molar-refractivity contribution in [3.63, 3.8) is 0 Å². The van der Waals surface area contributed by atoms with Crippen LogP contribution in [0.4, 0.5) is 22.7 Å². The summed E-state index contributed by atoms with van der Waals surface area (Å²) in [6.07, 6.45) is 14.3. The maximum Gasteiger partial charge on any atom is 0.315 e. The summed E-state index contributed by atoms with van der Waals surface area (Å²) in [6, 6.07) is 62.2. The molecule has 25 rings (SSSR count). The molecule has 11 aromatic carbocycles. The van der Waals surface area contributed by atoms with Crippen LogP contribution in [0.5, 0.6) is 46.0 Å². The number of phenols is 1. The molecule has 31 heteroatoms. The van der Waals surface area contributed by atoms with Crippen LogP contribution in [0.3, 0.4) is 0 Å². The Labute approximate surface area is 890 Å². The van der Waals surface area contributed by atoms with Crippen molar-refractivity contribution in [2.75, 3.05) is 65.6 Å². The lowest BCUT2D eigenvalue weighted by Crippen LogP contribution is -2.64. The first-order valence-electron chi connectivity index (χ1n) is 49.7. The van der Waals surface area contributed by atoms with Crippen molar-refractivity contribution in [3.8, 4) is 46.0 Å². The van der Waals surface area contributed by atoms with E-state index in [-0.39, 0.29) is 83.4 Å². The number of esters is 2. The topological polar surface area (TPSA) is 327 Å². The van der Waals surface area contributed by atoms with Gasteiger partial charge in [0, 0.05) is 112 Å². The third-order valence-electron chi connectivity index (χ3n) is 32.7. The molecule has 3 saturated heterocycles. The van der Waals surface area contributed by atoms with Crippen molar-refractivity contribution >= 4 is 144 Å². The van der Waals surface area contributed by atoms with Crippen molar-refractivity contribution in [1.29, 1.82) is 0 Å². The van der Waals surface area contributed by atoms with Crippen molar-refractivity contribution in [3.05, 3.63) is 356 Å². The zero-order chi connectivity index (χ0) is 104. The first kappa shape index (κ1) is 102. The molecule has 7 aliphatic carbocycles. The molecule has 0 amide bonds. The number of likely N-dealkylation sites (N-methyl/N-ethyl adjacent to an activating group) is 3. The highest BCUT2D eigenvalue weighted by Gasteiger charge is 2.68. The predicted octanol–water partition coefficient (Wildman–Crippen LogP) is 21.1. The molecule has 0 saturated carbocycles. The number of anilines is 4. The van der Waals surface area contributed by atoms with Crippen LogP contribution in [0.1, 0.15) is 126 Å². The number of hydrogen-bond donors (Lipinski definition) is 8. The van der Waals surface area contributed by atoms with Crippen molar-refractivity contribution in [1.82, 2.24) is 19.3 Å². The minimum absolute atomic E-state index is 0.0377. The third-order valence-corrected chi connectivity index (χ3v) is 34.5. The number of carbonyl (C=O) groups excluding carboxylic acids is 4. The summed E-state index contributed by atoms with van der Waals surface area (Å²) in [5.74, 6) is 1.36. The third kappa shape index (κ3) is 17.9. The number of carbonyl (C=O) groups is 6. The molecule has 8 N–H and O–H groups in total. The van der Waals surface area contributed by atoms with Gasteiger partial charge in [0.05, 0.1) is 82.8 Å². The predicted molar refractivity (Wildman–Crippen MR) is 573 cm³/mol. The van der Waals surface area contributed by atoms with E-state index in [0.29, 0.717) is 151 Å². The molecular weight excluding hydrogens is 2020 g/mol. The number of allylic oxidation sites excluding steroid dienone is 1. The lowest BCUT2D eigenvalue weighted by atomic mass is 9.53. The Morgan fingerprint density at radius 2 is 0.866 bits per heavy atom. The fourth-order valence-corrected chi connectivity index (χ4v) is 27.1. The number of piperidine rings is 3. The van der Waals surface area contributed by atoms with E-state index >= 15 is 0 Å². The molecule has 0 radical (unpaired) electrons. The molecule has 7 heterocycles. The van der Waals surface area contributed by atoms with E-state index in [1.54, 1.807) is 146 Å². The lowest BCUT2D eigenvalue weighted by Gasteiger charge is -2.56. The molecule has 766 valence electrons. The number of fused-ring (bicyclic) bond motifs is 2. The van der Waals surface area contributed by atoms with Crippen LogP contribution >= 0.6 is 69.6 Å². The van der Waals surface area contributed by atoms with Gasteiger partial charge in [-0.05, 0) is 277 Å². The summed E-state index contributed by atoms with van der Waals surface area (Å²) in [4.78, 5) is 83.2. The highest BCUT2D eigenvalue weighted by Crippen LogP contribution is 2.67. The number of aromatic hydroxyl groups is 1. The van der Waals surface area contributed by atoms with E-state index in [1.807, 2.05) is 98.8 Å². The molecule has 3 spiro atoms. The first-order chi connectivity index (χ1) is 71.7. The van der Waals surface area contributed by atoms with Gasteiger partial charge in [-0.1, -0.05) is 184 Å². The van der Waals surface area contributed by atoms with Gasteiger partial charge in [-0.15, -0.1) is 0 Å². The fourth-order valence-electron chi connectivity index (χ4n) is 25.8. The molecule has 149 heavy (non-hydrogen) atoms. The minimum Gasteiger partial charge on any atom is -0.504 e. The Kier molecular flexibility index (Phi) is 27.9. The number of benzene rings is 11. The van der Waals surface area contributed by atoms with Gasteiger partial charge in [-0.3, -0.25) is 33.3 Å². The molecule has 3 fully saturated rings. The zero-order valence-electron chi connectivity index (χ0n) is 82.3. The summed E-state index contributed by atoms with van der Waals surface area (Å²) in [5.41, 5.74) is 16.3. The largest absolute Gasteiger partial charge is 0.504 e. The van der Waals surface area contributed by atoms with E-state index in [0.717, 1.165) is 103 Å². The summed E-state index contributed by atoms with van der Waals surface area (Å²) >= 11 is 36.8. The van der Waals surface area contributed by atoms with E-state index in [4.69, 9.17) is 108 Å². The van der Waals surface area contributed by atoms with Gasteiger partial charge < -0.3 is 89.1 Å². The van der Waals surface area contributed by atoms with Crippen LogP contribution in [0.15, 0.2) is 248 Å². The quantitative estimate of drug-likeness (QED) is 0.0161. The second-order valence-corrected chi connectivity index (χ2v) is 43.0. The van der Waals surface area contributed by atoms with E-state index in [2.05, 4.69) is 76.8 Å². The molecule has 25 nitrogen and oxygen atoms in total. The lowest BCUT2D eigenvalue weighted by molar-refractivity contribution is -0.137. The van der Waals surface area contributed by atoms with E-state index < -0.39 is 54.2 Å². The van der Waals surface area contributed by atoms with Crippen molar-refractivity contribution in [2.24, 2.45) is 17.8 Å². The number of nitrogens with one attached hydrogen (secondary N) is 2. The number of aromatic nitrogens is 1. The van der Waals surface area contributed by atoms with Gasteiger partial charge >= 0.3 is 23.9 Å². The van der Waals surface area contributed by atoms with E-state index in [9.17, 15) is 54.3 Å². The molecular formula is C118H108Cl6N6O19. The number of Topliss-reactive ketones (excluding diaryl/α,β-unsaturated/α-hetero) is 1. The number of halogens is 6. The number of aliphatic hydroxyl groups excluding tert-OH is 3. The second kappa shape index (κ2) is 40.7. The van der Waals surface area contributed by atoms with Crippen LogP contribution in [-0.2, 0) is 73.9 Å². The molecule has 1 aromatic heterocycles. The smallest absolute Gasteiger partial charge is 0.315 e. The molecule has 6 aliphatic heterocycles. The fraction of sp³-hybridized carbons (Fsp3) is 0.305. The van der Waals surface area contributed by atoms with Crippen LogP contribution < -0.4 is 43.8 Å². The number of carboxylic acid groups (broad SMARTS) is 2. The highest BCUT2D eigenvalue weighted by molar-refractivity contribution is 6.40. The number of aliphatic hydroxyl groups is 3. The molecule has 1 unspecified atom stereocenters. The number of hydrogen-bond acceptors (Lipinski definition) is 22. The van der Waals surface area contributed by atoms with Gasteiger partial charge in [0.1, 0.15) is 48.1 Å². The highest BCUT2D eigenvalue weighted by atomic mass is 35.5. The Morgan fingerprint density at radius 3 is 1.33 bits per heavy atom. The van der Waals surface area contributed by atoms with Crippen molar-refractivity contribution in [2.45, 2.75) is 155 Å². The van der Waals surface area contributed by atoms with Gasteiger partial charge in [0.25, 0.3) is 5.91 Å². The summed E-state index contributed by atoms with van der Waals surface area (Å²) in [5, 5.41) is 70.9. The number of rotatable bonds is 19. The van der Waals surface area contributed by atoms with Crippen LogP contribution in [-0.4, -0.2) is 195 Å². The normalized spacial score (nSPS) is 25.1. The number of carboxylic acids is 2. The Bertz CT molecular complexity index is 7540. The monoisotopic (exact) mass is 2120 g/mol. The van der Waals surface area contributed by atoms with Crippen molar-refractivity contribution < 1.29 is 92.6 Å². The maximum absolute atomic E-state index is 13.7. The van der Waals surface area contributed by atoms with Crippen LogP contribution in [0, 0.1) is 24.7 Å². The summed E-state index contributed by atoms with van der Waals surface area (Å²) in [7, 11) is 9.67. The first-order valence-corrected chi connectivity index (χ1v) is 51.9. The molecule has 12 aromatic rings. The summed E-state index contributed by atoms with van der Waals surface area (Å²) in [6.45, 7) is 6.51. The summed E-state index contributed by atoms with van der Waals surface area (Å²) < 4.78 is 43.6. The second-order valence-electron chi connectivity index (χ2n) is 40.5. The number of likely N-dealkylation sites (tertiary alicyclic amines) is 3. The van der Waals surface area contributed by atoms with Crippen LogP contribution in [0.25, 0.3) is 16.5 Å². The number of phenolic OH excluding ortho intramolecular Hbond substituents is 1. The molecule has 16 atom stereocenters. The standard InChI is InChI=1S/C36H33ClN2O6.C31H28Cl2N2O4.C20H17ClO4.C17H19NO3.C14H11Cl2NO2/c1-19-24(25-17-23(43-3)9-11-27(25)39(19)35(42)20-4-7-22(37)8-5-20)18-31(41)44-30-13-6-21-16-28-26-10-12-29(40)34-36(26,14-15-38(28)2)32(21)33(30)45-34;1-35-14-13-31-19-10-11-24(36)30(31)39-29-25(12-9-18(27(29)31)15-23(19)35)38-26(37)16-17-5-2-3-8-22(17)34-28-20(32)6-4-7-21(28)33;1-11-16(10-18(22)23)17-9-14(25-2)7-8-15(17)19(11)20(24)12-3-5-13(21)6-4-12;1-18-7-6-17-10-3-5-13(20)16(17)21-15-12(19)4-2-9(14(15)17)8-11(10)18;15-10-5-3-6-11(16)14(10)17-12-7-2-1-4-9(12)8-13(18)19/h4-13,17,26,28-29,34,40H,14-16,18H2,1-3H3;2-12,19,23-24,30,34,36H,13-16H2,1H3;3-9,19H,10H2,1-2H3,(H,22,23);2-5,10-11,13,16,19-20H,6-8H2,1H3;1-7,17H,8H2,(H,18,19)/t26-,28+,29-,34-,36-;19-,23+,24-,30-,31-;;10-,11+,13-,16-,17-;/m00.0./s1. The number of ether oxygens (including phenoxy) is 7. The number of nitrogens with zero attached hydrogens (tertiary/aromatic N) is 4. The average Bonchev–Trinajstić information content (AvgIpc) is 1.54.